The molecule has 0 radical (unpaired) electrons. The van der Waals surface area contributed by atoms with Gasteiger partial charge in [0.1, 0.15) is 5.82 Å². The highest BCUT2D eigenvalue weighted by Gasteiger charge is 2.33. The molecular weight excluding hydrogens is 445 g/mol. The topological polar surface area (TPSA) is 61.9 Å². The van der Waals surface area contributed by atoms with Gasteiger partial charge in [-0.2, -0.15) is 0 Å². The van der Waals surface area contributed by atoms with Crippen molar-refractivity contribution in [3.05, 3.63) is 64.5 Å². The maximum atomic E-state index is 14.6. The number of nitrogens with zero attached hydrogens (tertiary/aromatic N) is 2. The number of halogens is 1. The van der Waals surface area contributed by atoms with E-state index in [1.807, 2.05) is 24.0 Å². The highest BCUT2D eigenvalue weighted by atomic mass is 19.1. The van der Waals surface area contributed by atoms with Crippen molar-refractivity contribution in [1.29, 1.82) is 0 Å². The molecule has 35 heavy (non-hydrogen) atoms. The molecule has 1 atom stereocenters. The van der Waals surface area contributed by atoms with E-state index in [9.17, 15) is 14.0 Å². The number of amides is 2. The van der Waals surface area contributed by atoms with Crippen LogP contribution in [0.2, 0.25) is 0 Å². The van der Waals surface area contributed by atoms with Crippen molar-refractivity contribution in [2.75, 3.05) is 32.1 Å². The molecule has 2 fully saturated rings. The Kier molecular flexibility index (Phi) is 8.19. The lowest BCUT2D eigenvalue weighted by Gasteiger charge is -2.41. The Hall–Kier alpha value is -2.77. The number of piperazine rings is 1. The van der Waals surface area contributed by atoms with Crippen LogP contribution in [-0.4, -0.2) is 54.4 Å². The van der Waals surface area contributed by atoms with Crippen LogP contribution in [0.15, 0.2) is 36.4 Å². The minimum atomic E-state index is -0.378. The van der Waals surface area contributed by atoms with Gasteiger partial charge in [-0.05, 0) is 67.6 Å². The first-order chi connectivity index (χ1) is 16.9. The van der Waals surface area contributed by atoms with Gasteiger partial charge in [0, 0.05) is 56.5 Å². The number of carbonyl (C=O) groups is 2. The van der Waals surface area contributed by atoms with Crippen molar-refractivity contribution in [3.8, 4) is 0 Å². The van der Waals surface area contributed by atoms with Gasteiger partial charge < -0.3 is 15.0 Å². The number of hydrogen-bond donors (Lipinski definition) is 1. The molecule has 0 spiro atoms. The van der Waals surface area contributed by atoms with Crippen LogP contribution < -0.4 is 5.32 Å². The van der Waals surface area contributed by atoms with Crippen molar-refractivity contribution >= 4 is 17.5 Å². The van der Waals surface area contributed by atoms with Crippen molar-refractivity contribution < 1.29 is 18.7 Å². The molecule has 2 aromatic carbocycles. The second-order valence-electron chi connectivity index (χ2n) is 9.92. The third-order valence-corrected chi connectivity index (χ3v) is 7.32. The molecule has 0 unspecified atom stereocenters. The molecule has 1 aliphatic heterocycles. The molecule has 2 aromatic rings. The van der Waals surface area contributed by atoms with Crippen LogP contribution in [0.4, 0.5) is 10.1 Å². The fraction of sp³-hybridized carbons (Fsp3) is 0.500. The number of benzene rings is 2. The van der Waals surface area contributed by atoms with E-state index in [1.54, 1.807) is 25.3 Å². The number of ether oxygens (including phenoxy) is 1. The monoisotopic (exact) mass is 481 g/mol. The molecular formula is C28H36FN3O3. The minimum absolute atomic E-state index is 0.129. The Morgan fingerprint density at radius 2 is 1.91 bits per heavy atom. The highest BCUT2D eigenvalue weighted by molar-refractivity contribution is 6.04. The van der Waals surface area contributed by atoms with Gasteiger partial charge in [-0.1, -0.05) is 25.0 Å². The second-order valence-corrected chi connectivity index (χ2v) is 9.92. The summed E-state index contributed by atoms with van der Waals surface area (Å²) in [7, 11) is 1.61. The van der Waals surface area contributed by atoms with Gasteiger partial charge >= 0.3 is 0 Å². The number of anilines is 1. The predicted molar refractivity (Wildman–Crippen MR) is 135 cm³/mol. The lowest BCUT2D eigenvalue weighted by atomic mass is 10.0. The van der Waals surface area contributed by atoms with Crippen LogP contribution in [0.1, 0.15) is 59.7 Å². The lowest BCUT2D eigenvalue weighted by molar-refractivity contribution is -0.140. The highest BCUT2D eigenvalue weighted by Crippen LogP contribution is 2.29. The normalized spacial score (nSPS) is 19.2. The number of hydrogen-bond acceptors (Lipinski definition) is 4. The van der Waals surface area contributed by atoms with E-state index in [4.69, 9.17) is 4.74 Å². The van der Waals surface area contributed by atoms with Gasteiger partial charge in [0.15, 0.2) is 0 Å². The Morgan fingerprint density at radius 3 is 2.63 bits per heavy atom. The van der Waals surface area contributed by atoms with Crippen molar-refractivity contribution in [1.82, 2.24) is 9.80 Å². The zero-order chi connectivity index (χ0) is 24.9. The van der Waals surface area contributed by atoms with Crippen LogP contribution >= 0.6 is 0 Å². The van der Waals surface area contributed by atoms with E-state index < -0.39 is 0 Å². The van der Waals surface area contributed by atoms with E-state index >= 15 is 0 Å². The average Bonchev–Trinajstić information content (AvgIpc) is 3.37. The Morgan fingerprint density at radius 1 is 1.14 bits per heavy atom. The van der Waals surface area contributed by atoms with Crippen LogP contribution in [-0.2, 0) is 22.7 Å². The van der Waals surface area contributed by atoms with E-state index in [0.717, 1.165) is 55.5 Å². The average molecular weight is 482 g/mol. The van der Waals surface area contributed by atoms with Gasteiger partial charge in [-0.15, -0.1) is 0 Å². The van der Waals surface area contributed by atoms with Gasteiger partial charge in [-0.3, -0.25) is 14.5 Å². The van der Waals surface area contributed by atoms with E-state index in [2.05, 4.69) is 17.1 Å². The zero-order valence-electron chi connectivity index (χ0n) is 21.0. The molecule has 188 valence electrons. The van der Waals surface area contributed by atoms with Gasteiger partial charge in [0.25, 0.3) is 5.91 Å². The Labute approximate surface area is 207 Å². The van der Waals surface area contributed by atoms with Crippen molar-refractivity contribution in [3.63, 3.8) is 0 Å². The largest absolute Gasteiger partial charge is 0.380 e. The first-order valence-electron chi connectivity index (χ1n) is 12.6. The number of carbonyl (C=O) groups excluding carboxylic acids is 2. The zero-order valence-corrected chi connectivity index (χ0v) is 21.0. The summed E-state index contributed by atoms with van der Waals surface area (Å²) >= 11 is 0. The number of nitrogens with one attached hydrogen (secondary N) is 1. The Balaban J connectivity index is 1.42. The molecule has 7 heteroatoms. The summed E-state index contributed by atoms with van der Waals surface area (Å²) in [6.45, 7) is 7.21. The summed E-state index contributed by atoms with van der Waals surface area (Å²) in [5, 5.41) is 2.89. The summed E-state index contributed by atoms with van der Waals surface area (Å²) in [6.07, 6.45) is 4.33. The predicted octanol–water partition coefficient (Wildman–Crippen LogP) is 4.76. The number of rotatable bonds is 7. The molecule has 0 aromatic heterocycles. The summed E-state index contributed by atoms with van der Waals surface area (Å²) in [5.74, 6) is -0.167. The first kappa shape index (κ1) is 25.3. The third kappa shape index (κ3) is 6.08. The SMILES string of the molecule is COCc1cccc(C(=O)Nc2cc(F)cc(CN3CCN(C(=O)C4CCCC4)[C@@H](C)C3)c2C)c1. The molecule has 1 aliphatic carbocycles. The number of methoxy groups -OCH3 is 1. The first-order valence-corrected chi connectivity index (χ1v) is 12.6. The molecule has 1 saturated heterocycles. The fourth-order valence-electron chi connectivity index (χ4n) is 5.35. The quantitative estimate of drug-likeness (QED) is 0.620. The standard InChI is InChI=1S/C28H36FN3O3/c1-19-16-31(11-12-32(19)28(34)22-8-4-5-9-22)17-24-14-25(29)15-26(20(24)2)30-27(33)23-10-6-7-21(13-23)18-35-3/h6-7,10,13-15,19,22H,4-5,8-9,11-12,16-18H2,1-3H3,(H,30,33)/t19-/m0/s1. The van der Waals surface area contributed by atoms with E-state index in [1.165, 1.54) is 6.07 Å². The van der Waals surface area contributed by atoms with E-state index in [0.29, 0.717) is 36.9 Å². The molecule has 1 saturated carbocycles. The van der Waals surface area contributed by atoms with Crippen LogP contribution in [0.3, 0.4) is 0 Å². The van der Waals surface area contributed by atoms with Crippen molar-refractivity contribution in [2.45, 2.75) is 58.7 Å². The molecule has 2 amide bonds. The molecule has 2 aliphatic rings. The summed E-state index contributed by atoms with van der Waals surface area (Å²) < 4.78 is 19.7. The van der Waals surface area contributed by atoms with Gasteiger partial charge in [0.2, 0.25) is 5.91 Å². The fourth-order valence-corrected chi connectivity index (χ4v) is 5.35. The smallest absolute Gasteiger partial charge is 0.255 e. The molecule has 1 N–H and O–H groups in total. The summed E-state index contributed by atoms with van der Waals surface area (Å²) in [5.41, 5.74) is 3.57. The third-order valence-electron chi connectivity index (χ3n) is 7.32. The maximum Gasteiger partial charge on any atom is 0.255 e. The molecule has 1 heterocycles. The maximum absolute atomic E-state index is 14.6. The second kappa shape index (κ2) is 11.3. The minimum Gasteiger partial charge on any atom is -0.380 e. The van der Waals surface area contributed by atoms with Crippen LogP contribution in [0, 0.1) is 18.7 Å². The van der Waals surface area contributed by atoms with Gasteiger partial charge in [0.05, 0.1) is 6.61 Å². The van der Waals surface area contributed by atoms with Gasteiger partial charge in [-0.25, -0.2) is 4.39 Å². The lowest BCUT2D eigenvalue weighted by Crippen LogP contribution is -2.54. The van der Waals surface area contributed by atoms with Crippen LogP contribution in [0.25, 0.3) is 0 Å². The Bertz CT molecular complexity index is 1070. The molecule has 4 rings (SSSR count). The molecule has 6 nitrogen and oxygen atoms in total. The summed E-state index contributed by atoms with van der Waals surface area (Å²) in [4.78, 5) is 30.1. The summed E-state index contributed by atoms with van der Waals surface area (Å²) in [6, 6.07) is 10.3. The molecule has 0 bridgehead atoms. The van der Waals surface area contributed by atoms with Crippen molar-refractivity contribution in [2.24, 2.45) is 5.92 Å². The van der Waals surface area contributed by atoms with E-state index in [-0.39, 0.29) is 23.7 Å². The van der Waals surface area contributed by atoms with Crippen LogP contribution in [0.5, 0.6) is 0 Å².